The number of benzene rings is 2. The Bertz CT molecular complexity index is 916. The van der Waals surface area contributed by atoms with Crippen LogP contribution in [0.25, 0.3) is 22.8 Å². The highest BCUT2D eigenvalue weighted by atomic mass is 16.5. The van der Waals surface area contributed by atoms with Crippen molar-refractivity contribution in [1.82, 2.24) is 15.5 Å². The van der Waals surface area contributed by atoms with Gasteiger partial charge in [-0.2, -0.15) is 4.98 Å². The number of carbonyl (C=O) groups is 1. The third kappa shape index (κ3) is 3.81. The first-order valence-electron chi connectivity index (χ1n) is 8.38. The molecule has 134 valence electrons. The second kappa shape index (κ2) is 7.49. The molecule has 6 nitrogen and oxygen atoms in total. The number of hydrogen-bond donors (Lipinski definition) is 2. The first kappa shape index (κ1) is 17.8. The monoisotopic (exact) mass is 351 g/mol. The molecular weight excluding hydrogens is 330 g/mol. The van der Waals surface area contributed by atoms with E-state index in [-0.39, 0.29) is 0 Å². The van der Waals surface area contributed by atoms with Crippen molar-refractivity contribution in [3.63, 3.8) is 0 Å². The number of aliphatic carboxylic acids is 1. The van der Waals surface area contributed by atoms with Gasteiger partial charge in [0.25, 0.3) is 5.89 Å². The summed E-state index contributed by atoms with van der Waals surface area (Å²) in [7, 11) is 1.64. The molecule has 0 saturated carbocycles. The molecule has 0 aliphatic rings. The molecule has 3 aromatic rings. The standard InChI is InChI=1S/C20H21N3O3/c1-12-4-7-16(10-13(12)2)19-22-18(23-26-19)15-8-5-14(6-9-15)11-17(21-3)20(24)25/h4-10,17,21H,11H2,1-3H3,(H,24,25). The van der Waals surface area contributed by atoms with E-state index < -0.39 is 12.0 Å². The molecule has 0 saturated heterocycles. The van der Waals surface area contributed by atoms with E-state index >= 15 is 0 Å². The lowest BCUT2D eigenvalue weighted by Gasteiger charge is -2.10. The minimum Gasteiger partial charge on any atom is -0.480 e. The van der Waals surface area contributed by atoms with Crippen LogP contribution in [0, 0.1) is 13.8 Å². The van der Waals surface area contributed by atoms with Gasteiger partial charge in [0.15, 0.2) is 0 Å². The average molecular weight is 351 g/mol. The summed E-state index contributed by atoms with van der Waals surface area (Å²) in [6, 6.07) is 12.9. The molecular formula is C20H21N3O3. The minimum atomic E-state index is -0.868. The second-order valence-corrected chi connectivity index (χ2v) is 6.30. The quantitative estimate of drug-likeness (QED) is 0.709. The van der Waals surface area contributed by atoms with Gasteiger partial charge in [0.1, 0.15) is 6.04 Å². The highest BCUT2D eigenvalue weighted by Crippen LogP contribution is 2.24. The molecule has 6 heteroatoms. The Hall–Kier alpha value is -2.99. The predicted octanol–water partition coefficient (Wildman–Crippen LogP) is 3.24. The second-order valence-electron chi connectivity index (χ2n) is 6.30. The lowest BCUT2D eigenvalue weighted by Crippen LogP contribution is -2.35. The number of carboxylic acid groups (broad SMARTS) is 1. The van der Waals surface area contributed by atoms with Gasteiger partial charge in [-0.05, 0) is 56.1 Å². The molecule has 3 rings (SSSR count). The molecule has 1 unspecified atom stereocenters. The van der Waals surface area contributed by atoms with Crippen molar-refractivity contribution in [2.75, 3.05) is 7.05 Å². The SMILES string of the molecule is CNC(Cc1ccc(-c2noc(-c3ccc(C)c(C)c3)n2)cc1)C(=O)O. The Balaban J connectivity index is 1.79. The average Bonchev–Trinajstić information content (AvgIpc) is 3.12. The highest BCUT2D eigenvalue weighted by molar-refractivity contribution is 5.74. The summed E-state index contributed by atoms with van der Waals surface area (Å²) in [5, 5.41) is 16.0. The summed E-state index contributed by atoms with van der Waals surface area (Å²) in [6.07, 6.45) is 0.409. The maximum absolute atomic E-state index is 11.1. The number of nitrogens with one attached hydrogen (secondary N) is 1. The van der Waals surface area contributed by atoms with Crippen molar-refractivity contribution in [2.24, 2.45) is 0 Å². The number of likely N-dealkylation sites (N-methyl/N-ethyl adjacent to an activating group) is 1. The van der Waals surface area contributed by atoms with Crippen LogP contribution in [0.2, 0.25) is 0 Å². The summed E-state index contributed by atoms with van der Waals surface area (Å²) >= 11 is 0. The lowest BCUT2D eigenvalue weighted by atomic mass is 10.0. The number of carboxylic acids is 1. The lowest BCUT2D eigenvalue weighted by molar-refractivity contribution is -0.139. The van der Waals surface area contributed by atoms with Gasteiger partial charge in [-0.3, -0.25) is 4.79 Å². The van der Waals surface area contributed by atoms with E-state index in [0.717, 1.165) is 16.7 Å². The molecule has 0 spiro atoms. The Morgan fingerprint density at radius 3 is 2.42 bits per heavy atom. The molecule has 0 fully saturated rings. The van der Waals surface area contributed by atoms with Gasteiger partial charge in [0, 0.05) is 11.1 Å². The van der Waals surface area contributed by atoms with Crippen molar-refractivity contribution in [1.29, 1.82) is 0 Å². The molecule has 1 heterocycles. The fraction of sp³-hybridized carbons (Fsp3) is 0.250. The fourth-order valence-electron chi connectivity index (χ4n) is 2.67. The largest absolute Gasteiger partial charge is 0.480 e. The number of aryl methyl sites for hydroxylation is 2. The summed E-state index contributed by atoms with van der Waals surface area (Å²) < 4.78 is 5.39. The van der Waals surface area contributed by atoms with E-state index in [1.807, 2.05) is 49.4 Å². The number of nitrogens with zero attached hydrogens (tertiary/aromatic N) is 2. The molecule has 0 aliphatic heterocycles. The van der Waals surface area contributed by atoms with Crippen LogP contribution in [0.15, 0.2) is 47.0 Å². The van der Waals surface area contributed by atoms with Crippen LogP contribution in [0.3, 0.4) is 0 Å². The van der Waals surface area contributed by atoms with Gasteiger partial charge in [0.2, 0.25) is 5.82 Å². The molecule has 1 atom stereocenters. The number of aromatic nitrogens is 2. The van der Waals surface area contributed by atoms with Crippen molar-refractivity contribution in [2.45, 2.75) is 26.3 Å². The van der Waals surface area contributed by atoms with Gasteiger partial charge >= 0.3 is 5.97 Å². The van der Waals surface area contributed by atoms with E-state index in [9.17, 15) is 4.79 Å². The third-order valence-electron chi connectivity index (χ3n) is 4.48. The molecule has 0 amide bonds. The topological polar surface area (TPSA) is 88.3 Å². The summed E-state index contributed by atoms with van der Waals surface area (Å²) in [5.41, 5.74) is 5.02. The van der Waals surface area contributed by atoms with Crippen LogP contribution in [0.4, 0.5) is 0 Å². The third-order valence-corrected chi connectivity index (χ3v) is 4.48. The van der Waals surface area contributed by atoms with Gasteiger partial charge < -0.3 is 14.9 Å². The van der Waals surface area contributed by atoms with E-state index in [4.69, 9.17) is 9.63 Å². The van der Waals surface area contributed by atoms with Crippen LogP contribution < -0.4 is 5.32 Å². The van der Waals surface area contributed by atoms with Crippen LogP contribution in [-0.2, 0) is 11.2 Å². The van der Waals surface area contributed by atoms with E-state index in [2.05, 4.69) is 22.4 Å². The Morgan fingerprint density at radius 1 is 1.12 bits per heavy atom. The minimum absolute atomic E-state index is 0.409. The van der Waals surface area contributed by atoms with Crippen molar-refractivity contribution in [3.8, 4) is 22.8 Å². The van der Waals surface area contributed by atoms with Crippen LogP contribution in [-0.4, -0.2) is 34.3 Å². The highest BCUT2D eigenvalue weighted by Gasteiger charge is 2.16. The van der Waals surface area contributed by atoms with Crippen LogP contribution in [0.1, 0.15) is 16.7 Å². The van der Waals surface area contributed by atoms with Gasteiger partial charge in [-0.25, -0.2) is 0 Å². The number of rotatable bonds is 6. The summed E-state index contributed by atoms with van der Waals surface area (Å²) in [6.45, 7) is 4.10. The van der Waals surface area contributed by atoms with Crippen molar-refractivity contribution < 1.29 is 14.4 Å². The summed E-state index contributed by atoms with van der Waals surface area (Å²) in [5.74, 6) is 0.120. The van der Waals surface area contributed by atoms with Gasteiger partial charge in [-0.15, -0.1) is 0 Å². The fourth-order valence-corrected chi connectivity index (χ4v) is 2.67. The van der Waals surface area contributed by atoms with Gasteiger partial charge in [0.05, 0.1) is 0 Å². The van der Waals surface area contributed by atoms with Crippen LogP contribution in [0.5, 0.6) is 0 Å². The zero-order chi connectivity index (χ0) is 18.7. The van der Waals surface area contributed by atoms with Gasteiger partial charge in [-0.1, -0.05) is 35.5 Å². The maximum Gasteiger partial charge on any atom is 0.321 e. The zero-order valence-electron chi connectivity index (χ0n) is 15.0. The van der Waals surface area contributed by atoms with Crippen molar-refractivity contribution >= 4 is 5.97 Å². The number of hydrogen-bond acceptors (Lipinski definition) is 5. The summed E-state index contributed by atoms with van der Waals surface area (Å²) in [4.78, 5) is 15.6. The molecule has 0 bridgehead atoms. The zero-order valence-corrected chi connectivity index (χ0v) is 15.0. The smallest absolute Gasteiger partial charge is 0.321 e. The normalized spacial score (nSPS) is 12.1. The Kier molecular flexibility index (Phi) is 5.14. The molecule has 0 aliphatic carbocycles. The molecule has 1 aromatic heterocycles. The molecule has 2 N–H and O–H groups in total. The maximum atomic E-state index is 11.1. The predicted molar refractivity (Wildman–Crippen MR) is 98.8 cm³/mol. The first-order valence-corrected chi connectivity index (χ1v) is 8.38. The first-order chi connectivity index (χ1) is 12.5. The van der Waals surface area contributed by atoms with E-state index in [0.29, 0.717) is 18.1 Å². The Labute approximate surface area is 151 Å². The van der Waals surface area contributed by atoms with Crippen LogP contribution >= 0.6 is 0 Å². The molecule has 26 heavy (non-hydrogen) atoms. The van der Waals surface area contributed by atoms with E-state index in [1.54, 1.807) is 7.05 Å². The molecule has 2 aromatic carbocycles. The molecule has 0 radical (unpaired) electrons. The Morgan fingerprint density at radius 2 is 1.81 bits per heavy atom. The van der Waals surface area contributed by atoms with E-state index in [1.165, 1.54) is 11.1 Å². The van der Waals surface area contributed by atoms with Crippen molar-refractivity contribution in [3.05, 3.63) is 59.2 Å².